The van der Waals surface area contributed by atoms with Gasteiger partial charge in [0.15, 0.2) is 23.2 Å². The molecule has 0 radical (unpaired) electrons. The monoisotopic (exact) mass is 528 g/mol. The number of benzene rings is 2. The Morgan fingerprint density at radius 3 is 2.21 bits per heavy atom. The fraction of sp³-hybridized carbons (Fsp3) is 0.576. The number of unbranched alkanes of at least 4 members (excludes halogenated alkanes) is 1. The Balaban J connectivity index is 1.29. The van der Waals surface area contributed by atoms with E-state index < -0.39 is 11.6 Å². The van der Waals surface area contributed by atoms with Crippen molar-refractivity contribution in [2.45, 2.75) is 102 Å². The van der Waals surface area contributed by atoms with Crippen LogP contribution in [0, 0.1) is 23.4 Å². The van der Waals surface area contributed by atoms with Crippen LogP contribution in [0.15, 0.2) is 36.4 Å². The molecule has 0 N–H and O–H groups in total. The standard InChI is InChI=1S/C33H43F3O2/c1-3-5-21-38-31-19-15-27(22-30(31)34)24-9-6-23(7-10-24)8-11-26-14-18-29(33(36)32(26)35)25-12-16-28(17-13-25)37-20-4-2/h8,11,14-15,18-19,22-25,28H,3-7,9-10,12-13,16-17,20-21H2,1-2H3/b11-8+. The van der Waals surface area contributed by atoms with Crippen LogP contribution in [0.1, 0.15) is 113 Å². The van der Waals surface area contributed by atoms with E-state index in [4.69, 9.17) is 9.47 Å². The topological polar surface area (TPSA) is 18.5 Å². The molecule has 2 aromatic carbocycles. The lowest BCUT2D eigenvalue weighted by atomic mass is 9.78. The molecule has 2 nitrogen and oxygen atoms in total. The van der Waals surface area contributed by atoms with E-state index in [2.05, 4.69) is 13.8 Å². The number of hydrogen-bond acceptors (Lipinski definition) is 2. The second kappa shape index (κ2) is 14.2. The first-order chi connectivity index (χ1) is 18.5. The van der Waals surface area contributed by atoms with Crippen molar-refractivity contribution >= 4 is 6.08 Å². The van der Waals surface area contributed by atoms with Crippen LogP contribution in [-0.2, 0) is 4.74 Å². The summed E-state index contributed by atoms with van der Waals surface area (Å²) in [5.41, 5.74) is 1.83. The highest BCUT2D eigenvalue weighted by molar-refractivity contribution is 5.52. The Kier molecular flexibility index (Phi) is 10.7. The summed E-state index contributed by atoms with van der Waals surface area (Å²) < 4.78 is 55.9. The predicted octanol–water partition coefficient (Wildman–Crippen LogP) is 9.72. The molecule has 0 unspecified atom stereocenters. The van der Waals surface area contributed by atoms with Crippen LogP contribution in [0.25, 0.3) is 6.08 Å². The Hall–Kier alpha value is -2.27. The average Bonchev–Trinajstić information content (AvgIpc) is 2.94. The largest absolute Gasteiger partial charge is 0.491 e. The lowest BCUT2D eigenvalue weighted by Crippen LogP contribution is -2.21. The van der Waals surface area contributed by atoms with Gasteiger partial charge in [-0.05, 0) is 105 Å². The van der Waals surface area contributed by atoms with Crippen LogP contribution in [0.3, 0.4) is 0 Å². The van der Waals surface area contributed by atoms with Crippen molar-refractivity contribution in [2.24, 2.45) is 5.92 Å². The third kappa shape index (κ3) is 7.43. The molecule has 0 bridgehead atoms. The Bertz CT molecular complexity index is 1050. The molecular weight excluding hydrogens is 485 g/mol. The van der Waals surface area contributed by atoms with Gasteiger partial charge in [0.2, 0.25) is 0 Å². The number of halogens is 3. The highest BCUT2D eigenvalue weighted by Gasteiger charge is 2.27. The van der Waals surface area contributed by atoms with Crippen LogP contribution in [0.5, 0.6) is 5.75 Å². The van der Waals surface area contributed by atoms with Crippen LogP contribution >= 0.6 is 0 Å². The van der Waals surface area contributed by atoms with Gasteiger partial charge in [-0.3, -0.25) is 0 Å². The van der Waals surface area contributed by atoms with Crippen LogP contribution in [0.4, 0.5) is 13.2 Å². The van der Waals surface area contributed by atoms with Crippen LogP contribution in [0.2, 0.25) is 0 Å². The summed E-state index contributed by atoms with van der Waals surface area (Å²) in [5.74, 6) is -0.720. The summed E-state index contributed by atoms with van der Waals surface area (Å²) in [6.07, 6.45) is 14.2. The van der Waals surface area contributed by atoms with E-state index in [0.717, 1.165) is 82.8 Å². The minimum atomic E-state index is -0.742. The van der Waals surface area contributed by atoms with Crippen molar-refractivity contribution in [2.75, 3.05) is 13.2 Å². The molecule has 0 amide bonds. The van der Waals surface area contributed by atoms with E-state index in [1.807, 2.05) is 12.1 Å². The molecule has 5 heteroatoms. The third-order valence-corrected chi connectivity index (χ3v) is 8.32. The van der Waals surface area contributed by atoms with E-state index in [-0.39, 0.29) is 17.8 Å². The molecule has 0 atom stereocenters. The third-order valence-electron chi connectivity index (χ3n) is 8.32. The van der Waals surface area contributed by atoms with Crippen molar-refractivity contribution in [1.82, 2.24) is 0 Å². The fourth-order valence-electron chi connectivity index (χ4n) is 5.95. The van der Waals surface area contributed by atoms with Crippen LogP contribution < -0.4 is 4.74 Å². The van der Waals surface area contributed by atoms with Gasteiger partial charge in [0.05, 0.1) is 12.7 Å². The summed E-state index contributed by atoms with van der Waals surface area (Å²) in [7, 11) is 0. The van der Waals surface area contributed by atoms with Crippen molar-refractivity contribution in [3.8, 4) is 5.75 Å². The Labute approximate surface area is 226 Å². The van der Waals surface area contributed by atoms with Gasteiger partial charge in [0.25, 0.3) is 0 Å². The van der Waals surface area contributed by atoms with Gasteiger partial charge < -0.3 is 9.47 Å². The molecule has 2 saturated carbocycles. The number of ether oxygens (including phenoxy) is 2. The molecule has 2 fully saturated rings. The second-order valence-corrected chi connectivity index (χ2v) is 11.1. The molecule has 0 aromatic heterocycles. The lowest BCUT2D eigenvalue weighted by Gasteiger charge is -2.29. The fourth-order valence-corrected chi connectivity index (χ4v) is 5.95. The predicted molar refractivity (Wildman–Crippen MR) is 148 cm³/mol. The van der Waals surface area contributed by atoms with E-state index in [1.54, 1.807) is 30.3 Å². The second-order valence-electron chi connectivity index (χ2n) is 11.1. The van der Waals surface area contributed by atoms with Gasteiger partial charge in [-0.25, -0.2) is 13.2 Å². The van der Waals surface area contributed by atoms with E-state index in [9.17, 15) is 8.78 Å². The molecule has 2 aliphatic rings. The molecule has 2 aliphatic carbocycles. The number of allylic oxidation sites excluding steroid dienone is 1. The lowest BCUT2D eigenvalue weighted by molar-refractivity contribution is 0.0248. The van der Waals surface area contributed by atoms with Crippen molar-refractivity contribution in [3.05, 3.63) is 70.5 Å². The van der Waals surface area contributed by atoms with E-state index in [0.29, 0.717) is 35.3 Å². The van der Waals surface area contributed by atoms with Gasteiger partial charge >= 0.3 is 0 Å². The molecule has 38 heavy (non-hydrogen) atoms. The summed E-state index contributed by atoms with van der Waals surface area (Å²) in [4.78, 5) is 0. The van der Waals surface area contributed by atoms with Gasteiger partial charge in [-0.1, -0.05) is 50.6 Å². The molecule has 0 spiro atoms. The summed E-state index contributed by atoms with van der Waals surface area (Å²) >= 11 is 0. The van der Waals surface area contributed by atoms with Gasteiger partial charge in [0.1, 0.15) is 0 Å². The molecule has 4 rings (SSSR count). The van der Waals surface area contributed by atoms with E-state index in [1.165, 1.54) is 0 Å². The molecule has 0 saturated heterocycles. The zero-order chi connectivity index (χ0) is 26.9. The highest BCUT2D eigenvalue weighted by atomic mass is 19.2. The molecule has 0 heterocycles. The Morgan fingerprint density at radius 2 is 1.53 bits per heavy atom. The quantitative estimate of drug-likeness (QED) is 0.270. The normalized spacial score (nSPS) is 24.1. The molecule has 208 valence electrons. The molecular formula is C33H43F3O2. The van der Waals surface area contributed by atoms with Gasteiger partial charge in [-0.2, -0.15) is 0 Å². The summed E-state index contributed by atoms with van der Waals surface area (Å²) in [6.45, 7) is 5.47. The minimum Gasteiger partial charge on any atom is -0.491 e. The molecule has 2 aromatic rings. The molecule has 0 aliphatic heterocycles. The van der Waals surface area contributed by atoms with Gasteiger partial charge in [0, 0.05) is 12.2 Å². The summed E-state index contributed by atoms with van der Waals surface area (Å²) in [6, 6.07) is 8.85. The first-order valence-corrected chi connectivity index (χ1v) is 14.7. The number of rotatable bonds is 11. The van der Waals surface area contributed by atoms with E-state index >= 15 is 4.39 Å². The SMILES string of the molecule is CCCCOc1ccc(C2CCC(/C=C/c3ccc(C4CCC(OCCC)CC4)c(F)c3F)CC2)cc1F. The van der Waals surface area contributed by atoms with Crippen LogP contribution in [-0.4, -0.2) is 19.3 Å². The zero-order valence-corrected chi connectivity index (χ0v) is 23.0. The number of hydrogen-bond donors (Lipinski definition) is 0. The maximum atomic E-state index is 15.0. The first kappa shape index (κ1) is 28.7. The maximum absolute atomic E-state index is 15.0. The zero-order valence-electron chi connectivity index (χ0n) is 23.0. The maximum Gasteiger partial charge on any atom is 0.166 e. The smallest absolute Gasteiger partial charge is 0.166 e. The first-order valence-electron chi connectivity index (χ1n) is 14.7. The van der Waals surface area contributed by atoms with Crippen molar-refractivity contribution < 1.29 is 22.6 Å². The van der Waals surface area contributed by atoms with Crippen molar-refractivity contribution in [1.29, 1.82) is 0 Å². The Morgan fingerprint density at radius 1 is 0.789 bits per heavy atom. The highest BCUT2D eigenvalue weighted by Crippen LogP contribution is 2.39. The summed E-state index contributed by atoms with van der Waals surface area (Å²) in [5, 5.41) is 0. The van der Waals surface area contributed by atoms with Gasteiger partial charge in [-0.15, -0.1) is 0 Å². The average molecular weight is 529 g/mol. The minimum absolute atomic E-state index is 0.0566. The van der Waals surface area contributed by atoms with Crippen molar-refractivity contribution in [3.63, 3.8) is 0 Å².